The Morgan fingerprint density at radius 1 is 1.21 bits per heavy atom. The molecule has 0 saturated carbocycles. The first-order valence-corrected chi connectivity index (χ1v) is 8.88. The van der Waals surface area contributed by atoms with Gasteiger partial charge in [0.25, 0.3) is 0 Å². The molecule has 0 unspecified atom stereocenters. The fourth-order valence-corrected chi connectivity index (χ4v) is 3.93. The van der Waals surface area contributed by atoms with Crippen molar-refractivity contribution in [2.75, 3.05) is 19.8 Å². The van der Waals surface area contributed by atoms with Crippen molar-refractivity contribution < 1.29 is 9.26 Å². The van der Waals surface area contributed by atoms with Crippen LogP contribution in [0.2, 0.25) is 0 Å². The summed E-state index contributed by atoms with van der Waals surface area (Å²) in [5, 5.41) is 4.24. The average Bonchev–Trinajstić information content (AvgIpc) is 3.07. The Morgan fingerprint density at radius 3 is 2.83 bits per heavy atom. The minimum Gasteiger partial charge on any atom is -0.381 e. The van der Waals surface area contributed by atoms with Crippen molar-refractivity contribution in [3.63, 3.8) is 0 Å². The maximum atomic E-state index is 5.54. The Labute approximate surface area is 143 Å². The van der Waals surface area contributed by atoms with E-state index in [-0.39, 0.29) is 5.54 Å². The van der Waals surface area contributed by atoms with Crippen LogP contribution < -0.4 is 0 Å². The molecule has 4 rings (SSSR count). The number of hydrogen-bond acceptors (Lipinski definition) is 5. The van der Waals surface area contributed by atoms with Crippen LogP contribution in [0.3, 0.4) is 0 Å². The summed E-state index contributed by atoms with van der Waals surface area (Å²) < 4.78 is 11.0. The van der Waals surface area contributed by atoms with E-state index < -0.39 is 0 Å². The second-order valence-corrected chi connectivity index (χ2v) is 7.32. The maximum Gasteiger partial charge on any atom is 0.229 e. The van der Waals surface area contributed by atoms with E-state index in [9.17, 15) is 0 Å². The fraction of sp³-hybridized carbons (Fsp3) is 0.579. The standard InChI is InChI=1S/C19H25N3O2/c1-19(2)16-6-4-3-5-14(16)7-10-22(19)13-17-20-18(24-21-17)15-8-11-23-12-9-15/h3-6,15H,7-13H2,1-2H3. The van der Waals surface area contributed by atoms with Crippen molar-refractivity contribution >= 4 is 0 Å². The summed E-state index contributed by atoms with van der Waals surface area (Å²) in [4.78, 5) is 7.13. The van der Waals surface area contributed by atoms with Crippen molar-refractivity contribution in [2.24, 2.45) is 0 Å². The Balaban J connectivity index is 1.51. The quantitative estimate of drug-likeness (QED) is 0.866. The normalized spacial score (nSPS) is 21.6. The highest BCUT2D eigenvalue weighted by Crippen LogP contribution is 2.35. The molecule has 2 aliphatic rings. The number of fused-ring (bicyclic) bond motifs is 1. The minimum atomic E-state index is -0.0195. The summed E-state index contributed by atoms with van der Waals surface area (Å²) in [6.45, 7) is 7.89. The van der Waals surface area contributed by atoms with Gasteiger partial charge >= 0.3 is 0 Å². The lowest BCUT2D eigenvalue weighted by Crippen LogP contribution is -2.46. The maximum absolute atomic E-state index is 5.54. The van der Waals surface area contributed by atoms with Gasteiger partial charge < -0.3 is 9.26 Å². The molecule has 0 radical (unpaired) electrons. The molecule has 5 nitrogen and oxygen atoms in total. The van der Waals surface area contributed by atoms with E-state index in [1.54, 1.807) is 0 Å². The smallest absolute Gasteiger partial charge is 0.229 e. The van der Waals surface area contributed by atoms with E-state index in [4.69, 9.17) is 9.26 Å². The first kappa shape index (κ1) is 15.8. The van der Waals surface area contributed by atoms with Crippen LogP contribution in [0.25, 0.3) is 0 Å². The fourth-order valence-electron chi connectivity index (χ4n) is 3.93. The number of benzene rings is 1. The zero-order valence-corrected chi connectivity index (χ0v) is 14.5. The van der Waals surface area contributed by atoms with Crippen LogP contribution in [0.5, 0.6) is 0 Å². The molecule has 1 aromatic heterocycles. The zero-order valence-electron chi connectivity index (χ0n) is 14.5. The third kappa shape index (κ3) is 2.87. The van der Waals surface area contributed by atoms with E-state index in [2.05, 4.69) is 53.2 Å². The molecular weight excluding hydrogens is 302 g/mol. The highest BCUT2D eigenvalue weighted by Gasteiger charge is 2.35. The molecule has 1 aromatic carbocycles. The van der Waals surface area contributed by atoms with Crippen LogP contribution in [0.15, 0.2) is 28.8 Å². The topological polar surface area (TPSA) is 51.4 Å². The lowest BCUT2D eigenvalue weighted by molar-refractivity contribution is 0.0778. The van der Waals surface area contributed by atoms with E-state index >= 15 is 0 Å². The van der Waals surface area contributed by atoms with Crippen LogP contribution >= 0.6 is 0 Å². The molecule has 0 aliphatic carbocycles. The number of rotatable bonds is 3. The van der Waals surface area contributed by atoms with Gasteiger partial charge in [0.05, 0.1) is 6.54 Å². The zero-order chi connectivity index (χ0) is 16.6. The van der Waals surface area contributed by atoms with E-state index in [1.165, 1.54) is 11.1 Å². The molecule has 1 fully saturated rings. The van der Waals surface area contributed by atoms with Gasteiger partial charge in [0.15, 0.2) is 5.82 Å². The summed E-state index contributed by atoms with van der Waals surface area (Å²) in [6.07, 6.45) is 3.03. The Morgan fingerprint density at radius 2 is 2.00 bits per heavy atom. The number of aromatic nitrogens is 2. The lowest BCUT2D eigenvalue weighted by Gasteiger charge is -2.43. The van der Waals surface area contributed by atoms with Crippen molar-refractivity contribution in [3.05, 3.63) is 47.1 Å². The van der Waals surface area contributed by atoms with Gasteiger partial charge in [-0.15, -0.1) is 0 Å². The van der Waals surface area contributed by atoms with Gasteiger partial charge in [-0.1, -0.05) is 29.4 Å². The molecule has 2 aliphatic heterocycles. The summed E-state index contributed by atoms with van der Waals surface area (Å²) in [5.74, 6) is 1.93. The lowest BCUT2D eigenvalue weighted by atomic mass is 9.83. The molecule has 0 amide bonds. The second kappa shape index (κ2) is 6.30. The van der Waals surface area contributed by atoms with Crippen LogP contribution in [-0.4, -0.2) is 34.8 Å². The summed E-state index contributed by atoms with van der Waals surface area (Å²) in [7, 11) is 0. The Hall–Kier alpha value is -1.72. The molecule has 128 valence electrons. The van der Waals surface area contributed by atoms with Crippen LogP contribution in [0.4, 0.5) is 0 Å². The third-order valence-corrected chi connectivity index (χ3v) is 5.50. The predicted molar refractivity (Wildman–Crippen MR) is 90.7 cm³/mol. The third-order valence-electron chi connectivity index (χ3n) is 5.50. The van der Waals surface area contributed by atoms with Gasteiger partial charge in [-0.05, 0) is 44.2 Å². The molecule has 24 heavy (non-hydrogen) atoms. The van der Waals surface area contributed by atoms with Gasteiger partial charge in [0.1, 0.15) is 0 Å². The van der Waals surface area contributed by atoms with E-state index in [0.717, 1.165) is 57.3 Å². The van der Waals surface area contributed by atoms with Crippen molar-refractivity contribution in [2.45, 2.75) is 51.1 Å². The van der Waals surface area contributed by atoms with Gasteiger partial charge in [-0.2, -0.15) is 4.98 Å². The van der Waals surface area contributed by atoms with Gasteiger partial charge in [0.2, 0.25) is 5.89 Å². The second-order valence-electron chi connectivity index (χ2n) is 7.32. The molecule has 3 heterocycles. The molecule has 0 N–H and O–H groups in total. The number of ether oxygens (including phenoxy) is 1. The van der Waals surface area contributed by atoms with Crippen molar-refractivity contribution in [3.8, 4) is 0 Å². The molecule has 0 bridgehead atoms. The van der Waals surface area contributed by atoms with Gasteiger partial charge in [-0.25, -0.2) is 0 Å². The van der Waals surface area contributed by atoms with Crippen LogP contribution in [-0.2, 0) is 23.2 Å². The SMILES string of the molecule is CC1(C)c2ccccc2CCN1Cc1noc(C2CCOCC2)n1. The molecule has 5 heteroatoms. The largest absolute Gasteiger partial charge is 0.381 e. The van der Waals surface area contributed by atoms with E-state index in [1.807, 2.05) is 0 Å². The molecule has 2 aromatic rings. The van der Waals surface area contributed by atoms with E-state index in [0.29, 0.717) is 5.92 Å². The number of hydrogen-bond donors (Lipinski definition) is 0. The highest BCUT2D eigenvalue weighted by atomic mass is 16.5. The summed E-state index contributed by atoms with van der Waals surface area (Å²) >= 11 is 0. The minimum absolute atomic E-state index is 0.0195. The molecular formula is C19H25N3O2. The molecule has 0 spiro atoms. The Bertz CT molecular complexity index is 704. The first-order chi connectivity index (χ1) is 11.6. The Kier molecular flexibility index (Phi) is 4.14. The van der Waals surface area contributed by atoms with Crippen molar-refractivity contribution in [1.29, 1.82) is 0 Å². The molecule has 1 saturated heterocycles. The van der Waals surface area contributed by atoms with Crippen LogP contribution in [0, 0.1) is 0 Å². The first-order valence-electron chi connectivity index (χ1n) is 8.88. The highest BCUT2D eigenvalue weighted by molar-refractivity contribution is 5.35. The van der Waals surface area contributed by atoms with Crippen LogP contribution in [0.1, 0.15) is 55.4 Å². The molecule has 0 atom stereocenters. The summed E-state index contributed by atoms with van der Waals surface area (Å²) in [6, 6.07) is 8.74. The predicted octanol–water partition coefficient (Wildman–Crippen LogP) is 3.26. The van der Waals surface area contributed by atoms with Gasteiger partial charge in [0, 0.05) is 31.2 Å². The monoisotopic (exact) mass is 327 g/mol. The number of nitrogens with zero attached hydrogens (tertiary/aromatic N) is 3. The van der Waals surface area contributed by atoms with Gasteiger partial charge in [-0.3, -0.25) is 4.90 Å². The average molecular weight is 327 g/mol. The summed E-state index contributed by atoms with van der Waals surface area (Å²) in [5.41, 5.74) is 2.84. The van der Waals surface area contributed by atoms with Crippen molar-refractivity contribution in [1.82, 2.24) is 15.0 Å².